The number of benzene rings is 3. The summed E-state index contributed by atoms with van der Waals surface area (Å²) in [5, 5.41) is 24.5. The molecule has 6 aromatic rings. The van der Waals surface area contributed by atoms with Gasteiger partial charge in [-0.25, -0.2) is 19.0 Å². The van der Waals surface area contributed by atoms with E-state index in [1.54, 1.807) is 36.4 Å². The first kappa shape index (κ1) is 27.1. The van der Waals surface area contributed by atoms with Crippen LogP contribution >= 0.6 is 0 Å². The van der Waals surface area contributed by atoms with Crippen molar-refractivity contribution in [2.45, 2.75) is 6.54 Å². The Hall–Kier alpha value is -6.13. The van der Waals surface area contributed by atoms with Crippen molar-refractivity contribution in [1.29, 1.82) is 5.26 Å². The molecule has 3 heterocycles. The largest absolute Gasteiger partial charge is 0.368 e. The number of carbonyl (C=O) groups excluding carboxylic acids is 1. The SMILES string of the molecule is CN(C)Cc1ccccc1-c1ccc(NC(=O)n2cnc3c(C#N)nn(-c4cccc(-c5nnc(N)[nH]5)c4)c3c2=O)cc1. The molecule has 0 aliphatic carbocycles. The van der Waals surface area contributed by atoms with Crippen LogP contribution in [0.4, 0.5) is 16.4 Å². The molecule has 0 fully saturated rings. The second kappa shape index (κ2) is 11.0. The van der Waals surface area contributed by atoms with E-state index in [1.807, 2.05) is 44.4 Å². The molecule has 0 radical (unpaired) electrons. The number of anilines is 2. The molecule has 0 spiro atoms. The minimum absolute atomic E-state index is 0.0312. The standard InChI is InChI=1S/C30H25N11O2/c1-39(2)16-20-6-3-4-9-23(20)18-10-12-21(13-11-18)34-30(43)40-17-33-25-24(15-31)38-41(26(25)28(40)42)22-8-5-7-19(14-22)27-35-29(32)37-36-27/h3-14,17H,16H2,1-2H3,(H,34,43)(H3,32,35,36,37). The Morgan fingerprint density at radius 1 is 1.05 bits per heavy atom. The van der Waals surface area contributed by atoms with Gasteiger partial charge in [-0.05, 0) is 55.1 Å². The number of rotatable bonds is 6. The molecule has 3 aromatic heterocycles. The van der Waals surface area contributed by atoms with Gasteiger partial charge in [0.2, 0.25) is 5.95 Å². The first-order valence-corrected chi connectivity index (χ1v) is 13.2. The Morgan fingerprint density at radius 2 is 1.84 bits per heavy atom. The fourth-order valence-electron chi connectivity index (χ4n) is 4.80. The zero-order valence-electron chi connectivity index (χ0n) is 23.2. The molecule has 3 aromatic carbocycles. The highest BCUT2D eigenvalue weighted by atomic mass is 16.2. The molecular formula is C30H25N11O2. The molecule has 0 aliphatic rings. The summed E-state index contributed by atoms with van der Waals surface area (Å²) in [5.41, 5.74) is 9.79. The molecule has 0 saturated heterocycles. The van der Waals surface area contributed by atoms with Gasteiger partial charge in [0.1, 0.15) is 17.9 Å². The second-order valence-electron chi connectivity index (χ2n) is 10.0. The van der Waals surface area contributed by atoms with Crippen LogP contribution in [0.15, 0.2) is 83.9 Å². The average Bonchev–Trinajstić information content (AvgIpc) is 3.62. The molecule has 6 rings (SSSR count). The number of nitrogens with zero attached hydrogens (tertiary/aromatic N) is 8. The lowest BCUT2D eigenvalue weighted by atomic mass is 9.99. The van der Waals surface area contributed by atoms with Crippen molar-refractivity contribution in [3.63, 3.8) is 0 Å². The second-order valence-corrected chi connectivity index (χ2v) is 10.0. The molecule has 212 valence electrons. The Kier molecular flexibility index (Phi) is 6.94. The van der Waals surface area contributed by atoms with E-state index in [2.05, 4.69) is 47.6 Å². The summed E-state index contributed by atoms with van der Waals surface area (Å²) >= 11 is 0. The molecular weight excluding hydrogens is 546 g/mol. The van der Waals surface area contributed by atoms with Gasteiger partial charge in [0.25, 0.3) is 5.56 Å². The summed E-state index contributed by atoms with van der Waals surface area (Å²) in [6, 6.07) is 23.7. The molecule has 0 aliphatic heterocycles. The van der Waals surface area contributed by atoms with Gasteiger partial charge in [0.15, 0.2) is 17.0 Å². The van der Waals surface area contributed by atoms with Crippen molar-refractivity contribution in [3.05, 3.63) is 101 Å². The van der Waals surface area contributed by atoms with E-state index < -0.39 is 11.6 Å². The van der Waals surface area contributed by atoms with Gasteiger partial charge in [-0.1, -0.05) is 48.5 Å². The van der Waals surface area contributed by atoms with E-state index >= 15 is 0 Å². The van der Waals surface area contributed by atoms with Crippen LogP contribution in [0.2, 0.25) is 0 Å². The average molecular weight is 572 g/mol. The van der Waals surface area contributed by atoms with Crippen molar-refractivity contribution in [2.24, 2.45) is 0 Å². The van der Waals surface area contributed by atoms with Crippen molar-refractivity contribution in [2.75, 3.05) is 25.1 Å². The van der Waals surface area contributed by atoms with Gasteiger partial charge >= 0.3 is 6.03 Å². The van der Waals surface area contributed by atoms with Crippen LogP contribution in [-0.4, -0.2) is 59.5 Å². The van der Waals surface area contributed by atoms with Gasteiger partial charge < -0.3 is 20.9 Å². The molecule has 13 heteroatoms. The number of nitrogens with two attached hydrogens (primary N) is 1. The zero-order valence-corrected chi connectivity index (χ0v) is 23.2. The number of H-pyrrole nitrogens is 1. The van der Waals surface area contributed by atoms with Gasteiger partial charge in [-0.2, -0.15) is 10.4 Å². The number of aromatic amines is 1. The van der Waals surface area contributed by atoms with Crippen molar-refractivity contribution in [1.82, 2.24) is 39.4 Å². The summed E-state index contributed by atoms with van der Waals surface area (Å²) in [4.78, 5) is 36.1. The predicted octanol–water partition coefficient (Wildman–Crippen LogP) is 3.63. The van der Waals surface area contributed by atoms with Crippen LogP contribution in [0, 0.1) is 11.3 Å². The number of nitrogen functional groups attached to an aromatic ring is 1. The third-order valence-electron chi connectivity index (χ3n) is 6.73. The number of hydrogen-bond donors (Lipinski definition) is 3. The van der Waals surface area contributed by atoms with Crippen LogP contribution in [0.1, 0.15) is 11.3 Å². The van der Waals surface area contributed by atoms with E-state index in [0.29, 0.717) is 22.8 Å². The molecule has 0 saturated carbocycles. The highest BCUT2D eigenvalue weighted by Crippen LogP contribution is 2.26. The fraction of sp³-hybridized carbons (Fsp3) is 0.100. The number of hydrogen-bond acceptors (Lipinski definition) is 9. The van der Waals surface area contributed by atoms with E-state index in [1.165, 1.54) is 10.2 Å². The number of nitriles is 1. The van der Waals surface area contributed by atoms with Gasteiger partial charge in [-0.15, -0.1) is 10.2 Å². The fourth-order valence-corrected chi connectivity index (χ4v) is 4.80. The lowest BCUT2D eigenvalue weighted by molar-refractivity contribution is 0.252. The topological polar surface area (TPSA) is 176 Å². The molecule has 0 atom stereocenters. The quantitative estimate of drug-likeness (QED) is 0.269. The van der Waals surface area contributed by atoms with Crippen molar-refractivity contribution >= 4 is 28.7 Å². The van der Waals surface area contributed by atoms with Crippen LogP contribution in [0.25, 0.3) is 39.2 Å². The number of amides is 1. The zero-order chi connectivity index (χ0) is 30.1. The molecule has 4 N–H and O–H groups in total. The lowest BCUT2D eigenvalue weighted by Gasteiger charge is -2.15. The highest BCUT2D eigenvalue weighted by molar-refractivity contribution is 5.93. The lowest BCUT2D eigenvalue weighted by Crippen LogP contribution is -2.32. The van der Waals surface area contributed by atoms with Crippen molar-refractivity contribution in [3.8, 4) is 34.3 Å². The summed E-state index contributed by atoms with van der Waals surface area (Å²) in [6.07, 6.45) is 1.09. The van der Waals surface area contributed by atoms with Crippen LogP contribution in [0.5, 0.6) is 0 Å². The Balaban J connectivity index is 1.32. The van der Waals surface area contributed by atoms with Gasteiger partial charge in [0, 0.05) is 17.8 Å². The maximum absolute atomic E-state index is 13.6. The molecule has 0 unspecified atom stereocenters. The summed E-state index contributed by atoms with van der Waals surface area (Å²) in [6.45, 7) is 0.788. The Labute approximate surface area is 244 Å². The molecule has 13 nitrogen and oxygen atoms in total. The molecule has 1 amide bonds. The predicted molar refractivity (Wildman–Crippen MR) is 161 cm³/mol. The third kappa shape index (κ3) is 5.21. The smallest absolute Gasteiger partial charge is 0.334 e. The van der Waals surface area contributed by atoms with E-state index in [0.717, 1.165) is 28.6 Å². The normalized spacial score (nSPS) is 11.1. The first-order valence-electron chi connectivity index (χ1n) is 13.2. The van der Waals surface area contributed by atoms with Gasteiger partial charge in [-0.3, -0.25) is 4.79 Å². The summed E-state index contributed by atoms with van der Waals surface area (Å²) in [5.74, 6) is 0.567. The van der Waals surface area contributed by atoms with Crippen LogP contribution in [-0.2, 0) is 6.54 Å². The minimum Gasteiger partial charge on any atom is -0.368 e. The van der Waals surface area contributed by atoms with E-state index in [9.17, 15) is 14.9 Å². The third-order valence-corrected chi connectivity index (χ3v) is 6.73. The van der Waals surface area contributed by atoms with Crippen LogP contribution in [0.3, 0.4) is 0 Å². The minimum atomic E-state index is -0.711. The van der Waals surface area contributed by atoms with E-state index in [-0.39, 0.29) is 22.7 Å². The number of nitrogens with one attached hydrogen (secondary N) is 2. The van der Waals surface area contributed by atoms with Crippen molar-refractivity contribution < 1.29 is 4.79 Å². The Bertz CT molecular complexity index is 2080. The number of fused-ring (bicyclic) bond motifs is 1. The maximum atomic E-state index is 13.6. The van der Waals surface area contributed by atoms with Crippen LogP contribution < -0.4 is 16.6 Å². The molecule has 0 bridgehead atoms. The monoisotopic (exact) mass is 571 g/mol. The number of carbonyl (C=O) groups is 1. The number of aromatic nitrogens is 7. The molecule has 43 heavy (non-hydrogen) atoms. The first-order chi connectivity index (χ1) is 20.8. The highest BCUT2D eigenvalue weighted by Gasteiger charge is 2.21. The summed E-state index contributed by atoms with van der Waals surface area (Å²) < 4.78 is 2.14. The maximum Gasteiger partial charge on any atom is 0.334 e. The van der Waals surface area contributed by atoms with Gasteiger partial charge in [0.05, 0.1) is 5.69 Å². The van der Waals surface area contributed by atoms with E-state index in [4.69, 9.17) is 5.73 Å². The Morgan fingerprint density at radius 3 is 2.56 bits per heavy atom. The summed E-state index contributed by atoms with van der Waals surface area (Å²) in [7, 11) is 4.04.